The average molecular weight is 371 g/mol. The van der Waals surface area contributed by atoms with Crippen molar-refractivity contribution in [1.82, 2.24) is 15.2 Å². The predicted molar refractivity (Wildman–Crippen MR) is 103 cm³/mol. The molecule has 1 saturated carbocycles. The standard InChI is InChI=1S/C18H25N7O2/c19-16(26)15-17(20-12-2-1-3-12)22-18(24-23-15)21-13-4-6-14(7-5-13)25-8-10-27-11-9-25/h4-7,12,16,26H,1-3,8-11,19H2,(H2,20,21,22,24). The Labute approximate surface area is 157 Å². The maximum Gasteiger partial charge on any atom is 0.249 e. The Bertz CT molecular complexity index is 759. The normalized spacial score (nSPS) is 18.7. The molecule has 0 bridgehead atoms. The summed E-state index contributed by atoms with van der Waals surface area (Å²) in [7, 11) is 0. The van der Waals surface area contributed by atoms with Crippen molar-refractivity contribution in [3.8, 4) is 0 Å². The molecule has 1 saturated heterocycles. The molecule has 0 spiro atoms. The predicted octanol–water partition coefficient (Wildman–Crippen LogP) is 1.37. The lowest BCUT2D eigenvalue weighted by Crippen LogP contribution is -2.36. The van der Waals surface area contributed by atoms with Crippen molar-refractivity contribution in [1.29, 1.82) is 0 Å². The topological polar surface area (TPSA) is 121 Å². The zero-order chi connectivity index (χ0) is 18.6. The van der Waals surface area contributed by atoms with E-state index in [4.69, 9.17) is 10.5 Å². The third-order valence-electron chi connectivity index (χ3n) is 4.94. The van der Waals surface area contributed by atoms with Crippen molar-refractivity contribution in [2.75, 3.05) is 41.8 Å². The van der Waals surface area contributed by atoms with Crippen LogP contribution in [0.25, 0.3) is 0 Å². The van der Waals surface area contributed by atoms with Crippen LogP contribution in [0.15, 0.2) is 24.3 Å². The van der Waals surface area contributed by atoms with Crippen molar-refractivity contribution in [2.24, 2.45) is 5.73 Å². The highest BCUT2D eigenvalue weighted by atomic mass is 16.5. The molecule has 0 amide bonds. The van der Waals surface area contributed by atoms with Gasteiger partial charge < -0.3 is 31.1 Å². The number of nitrogens with two attached hydrogens (primary N) is 1. The second-order valence-corrected chi connectivity index (χ2v) is 6.86. The van der Waals surface area contributed by atoms with Gasteiger partial charge in [-0.1, -0.05) is 0 Å². The first-order chi connectivity index (χ1) is 13.2. The number of aliphatic hydroxyl groups excluding tert-OH is 1. The van der Waals surface area contributed by atoms with E-state index in [2.05, 4.69) is 42.8 Å². The van der Waals surface area contributed by atoms with Crippen molar-refractivity contribution in [3.63, 3.8) is 0 Å². The molecule has 1 atom stereocenters. The zero-order valence-electron chi connectivity index (χ0n) is 15.1. The minimum absolute atomic E-state index is 0.259. The molecule has 1 aromatic carbocycles. The van der Waals surface area contributed by atoms with Crippen LogP contribution < -0.4 is 21.3 Å². The maximum atomic E-state index is 9.70. The number of aromatic nitrogens is 3. The van der Waals surface area contributed by atoms with E-state index in [1.165, 1.54) is 6.42 Å². The Kier molecular flexibility index (Phi) is 5.33. The van der Waals surface area contributed by atoms with Crippen LogP contribution in [0.1, 0.15) is 31.2 Å². The molecule has 1 aliphatic carbocycles. The van der Waals surface area contributed by atoms with Gasteiger partial charge in [0.2, 0.25) is 5.95 Å². The number of hydrogen-bond acceptors (Lipinski definition) is 9. The number of anilines is 4. The number of morpholine rings is 1. The van der Waals surface area contributed by atoms with E-state index in [1.807, 2.05) is 12.1 Å². The van der Waals surface area contributed by atoms with Crippen LogP contribution in [-0.2, 0) is 4.74 Å². The van der Waals surface area contributed by atoms with Crippen molar-refractivity contribution >= 4 is 23.1 Å². The number of hydrogen-bond donors (Lipinski definition) is 4. The Hall–Kier alpha value is -2.49. The van der Waals surface area contributed by atoms with Gasteiger partial charge in [0, 0.05) is 30.5 Å². The molecule has 2 aromatic rings. The summed E-state index contributed by atoms with van der Waals surface area (Å²) in [5, 5.41) is 24.2. The van der Waals surface area contributed by atoms with E-state index in [-0.39, 0.29) is 5.69 Å². The van der Waals surface area contributed by atoms with Gasteiger partial charge in [0.1, 0.15) is 5.69 Å². The number of nitrogens with one attached hydrogen (secondary N) is 2. The Morgan fingerprint density at radius 1 is 1.15 bits per heavy atom. The van der Waals surface area contributed by atoms with Gasteiger partial charge in [-0.25, -0.2) is 0 Å². The van der Waals surface area contributed by atoms with E-state index in [9.17, 15) is 5.11 Å². The van der Waals surface area contributed by atoms with Gasteiger partial charge in [0.25, 0.3) is 0 Å². The molecular formula is C18H25N7O2. The third kappa shape index (κ3) is 4.26. The summed E-state index contributed by atoms with van der Waals surface area (Å²) in [6.07, 6.45) is 2.14. The van der Waals surface area contributed by atoms with E-state index in [1.54, 1.807) is 0 Å². The van der Waals surface area contributed by atoms with Crippen molar-refractivity contribution in [3.05, 3.63) is 30.0 Å². The fourth-order valence-electron chi connectivity index (χ4n) is 3.14. The van der Waals surface area contributed by atoms with E-state index in [0.29, 0.717) is 17.8 Å². The zero-order valence-corrected chi connectivity index (χ0v) is 15.1. The molecule has 2 fully saturated rings. The lowest BCUT2D eigenvalue weighted by molar-refractivity contribution is 0.122. The minimum atomic E-state index is -1.21. The number of aliphatic hydroxyl groups is 1. The first-order valence-electron chi connectivity index (χ1n) is 9.33. The highest BCUT2D eigenvalue weighted by molar-refractivity contribution is 5.60. The Balaban J connectivity index is 1.47. The van der Waals surface area contributed by atoms with Crippen LogP contribution >= 0.6 is 0 Å². The van der Waals surface area contributed by atoms with Crippen molar-refractivity contribution < 1.29 is 9.84 Å². The van der Waals surface area contributed by atoms with Gasteiger partial charge >= 0.3 is 0 Å². The number of nitrogens with zero attached hydrogens (tertiary/aromatic N) is 4. The molecule has 4 rings (SSSR count). The summed E-state index contributed by atoms with van der Waals surface area (Å²) in [4.78, 5) is 6.76. The average Bonchev–Trinajstić information content (AvgIpc) is 2.66. The van der Waals surface area contributed by atoms with Crippen LogP contribution in [0.4, 0.5) is 23.1 Å². The van der Waals surface area contributed by atoms with Crippen LogP contribution in [0.2, 0.25) is 0 Å². The molecule has 2 heterocycles. The van der Waals surface area contributed by atoms with Gasteiger partial charge in [-0.05, 0) is 43.5 Å². The smallest absolute Gasteiger partial charge is 0.249 e. The number of rotatable bonds is 6. The molecule has 144 valence electrons. The highest BCUT2D eigenvalue weighted by Crippen LogP contribution is 2.26. The maximum absolute atomic E-state index is 9.70. The van der Waals surface area contributed by atoms with Crippen molar-refractivity contribution in [2.45, 2.75) is 31.5 Å². The molecule has 9 nitrogen and oxygen atoms in total. The minimum Gasteiger partial charge on any atom is -0.378 e. The van der Waals surface area contributed by atoms with Gasteiger partial charge in [0.05, 0.1) is 13.2 Å². The SMILES string of the molecule is NC(O)c1nnc(Nc2ccc(N3CCOCC3)cc2)nc1NC1CCC1. The monoisotopic (exact) mass is 371 g/mol. The fourth-order valence-corrected chi connectivity index (χ4v) is 3.14. The lowest BCUT2D eigenvalue weighted by atomic mass is 9.93. The van der Waals surface area contributed by atoms with Gasteiger partial charge in [0.15, 0.2) is 12.0 Å². The molecular weight excluding hydrogens is 346 g/mol. The second kappa shape index (κ2) is 8.03. The second-order valence-electron chi connectivity index (χ2n) is 6.86. The third-order valence-corrected chi connectivity index (χ3v) is 4.94. The Morgan fingerprint density at radius 3 is 2.52 bits per heavy atom. The first kappa shape index (κ1) is 17.9. The summed E-state index contributed by atoms with van der Waals surface area (Å²) in [6.45, 7) is 3.32. The van der Waals surface area contributed by atoms with Crippen LogP contribution in [0.3, 0.4) is 0 Å². The molecule has 0 radical (unpaired) electrons. The highest BCUT2D eigenvalue weighted by Gasteiger charge is 2.22. The largest absolute Gasteiger partial charge is 0.378 e. The lowest BCUT2D eigenvalue weighted by Gasteiger charge is -2.29. The van der Waals surface area contributed by atoms with E-state index >= 15 is 0 Å². The molecule has 1 aromatic heterocycles. The van der Waals surface area contributed by atoms with Crippen LogP contribution in [-0.4, -0.2) is 52.6 Å². The molecule has 2 aliphatic rings. The molecule has 1 unspecified atom stereocenters. The van der Waals surface area contributed by atoms with Gasteiger partial charge in [-0.15, -0.1) is 10.2 Å². The number of ether oxygens (including phenoxy) is 1. The summed E-state index contributed by atoms with van der Waals surface area (Å²) >= 11 is 0. The van der Waals surface area contributed by atoms with Crippen LogP contribution in [0, 0.1) is 0 Å². The molecule has 1 aliphatic heterocycles. The summed E-state index contributed by atoms with van der Waals surface area (Å²) < 4.78 is 5.39. The first-order valence-corrected chi connectivity index (χ1v) is 9.33. The molecule has 27 heavy (non-hydrogen) atoms. The Morgan fingerprint density at radius 2 is 1.89 bits per heavy atom. The molecule has 5 N–H and O–H groups in total. The summed E-state index contributed by atoms with van der Waals surface area (Å²) in [5.41, 5.74) is 7.87. The summed E-state index contributed by atoms with van der Waals surface area (Å²) in [5.74, 6) is 0.845. The van der Waals surface area contributed by atoms with Crippen LogP contribution in [0.5, 0.6) is 0 Å². The van der Waals surface area contributed by atoms with E-state index in [0.717, 1.165) is 50.5 Å². The fraction of sp³-hybridized carbons (Fsp3) is 0.500. The van der Waals surface area contributed by atoms with E-state index < -0.39 is 6.23 Å². The molecule has 9 heteroatoms. The van der Waals surface area contributed by atoms with Gasteiger partial charge in [-0.2, -0.15) is 4.98 Å². The quantitative estimate of drug-likeness (QED) is 0.558. The number of benzene rings is 1. The van der Waals surface area contributed by atoms with Gasteiger partial charge in [-0.3, -0.25) is 0 Å². The summed E-state index contributed by atoms with van der Waals surface area (Å²) in [6, 6.07) is 8.44.